The summed E-state index contributed by atoms with van der Waals surface area (Å²) in [6.45, 7) is 0.312. The van der Waals surface area contributed by atoms with Gasteiger partial charge in [0.05, 0.1) is 23.7 Å². The number of H-pyrrole nitrogens is 1. The van der Waals surface area contributed by atoms with Crippen LogP contribution in [0.5, 0.6) is 11.5 Å². The number of nitrogens with zero attached hydrogens (tertiary/aromatic N) is 1. The number of benzene rings is 3. The third kappa shape index (κ3) is 4.30. The fourth-order valence-electron chi connectivity index (χ4n) is 4.97. The molecule has 7 nitrogen and oxygen atoms in total. The minimum absolute atomic E-state index is 0.242. The minimum Gasteiger partial charge on any atom is -0.497 e. The average molecular weight is 565 g/mol. The first-order valence-corrected chi connectivity index (χ1v) is 13.9. The van der Waals surface area contributed by atoms with Crippen molar-refractivity contribution in [3.63, 3.8) is 0 Å². The summed E-state index contributed by atoms with van der Waals surface area (Å²) < 4.78 is 11.5. The monoisotopic (exact) mass is 564 g/mol. The molecule has 2 aliphatic rings. The number of amides is 2. The predicted molar refractivity (Wildman–Crippen MR) is 148 cm³/mol. The Bertz CT molecular complexity index is 1590. The van der Waals surface area contributed by atoms with Crippen LogP contribution in [0.4, 0.5) is 5.69 Å². The molecule has 192 valence electrons. The normalized spacial score (nSPS) is 20.3. The van der Waals surface area contributed by atoms with Crippen LogP contribution in [0, 0.1) is 5.92 Å². The van der Waals surface area contributed by atoms with Crippen molar-refractivity contribution >= 4 is 52.2 Å². The molecule has 38 heavy (non-hydrogen) atoms. The first-order chi connectivity index (χ1) is 18.4. The average Bonchev–Trinajstić information content (AvgIpc) is 3.42. The third-order valence-corrected chi connectivity index (χ3v) is 9.33. The van der Waals surface area contributed by atoms with Crippen LogP contribution in [0.25, 0.3) is 0 Å². The Balaban J connectivity index is 1.44. The lowest BCUT2D eigenvalue weighted by molar-refractivity contribution is -0.122. The summed E-state index contributed by atoms with van der Waals surface area (Å²) in [5.41, 5.74) is 2.12. The number of aromatic amines is 1. The van der Waals surface area contributed by atoms with Crippen molar-refractivity contribution in [2.24, 2.45) is 5.92 Å². The summed E-state index contributed by atoms with van der Waals surface area (Å²) in [5, 5.41) is 0.348. The first-order valence-electron chi connectivity index (χ1n) is 11.8. The highest BCUT2D eigenvalue weighted by Gasteiger charge is 2.56. The zero-order chi connectivity index (χ0) is 26.4. The van der Waals surface area contributed by atoms with Gasteiger partial charge in [-0.25, -0.2) is 4.90 Å². The van der Waals surface area contributed by atoms with E-state index in [0.717, 1.165) is 16.9 Å². The smallest absolute Gasteiger partial charge is 0.305 e. The van der Waals surface area contributed by atoms with E-state index in [1.807, 2.05) is 30.3 Å². The van der Waals surface area contributed by atoms with Gasteiger partial charge in [-0.05, 0) is 48.0 Å². The molecule has 2 aliphatic heterocycles. The number of methoxy groups -OCH3 is 1. The van der Waals surface area contributed by atoms with Crippen molar-refractivity contribution < 1.29 is 19.1 Å². The standard InChI is InChI=1S/C28H21ClN2O5S2/c1-35-18-10-8-17(9-11-18)31-26(32)22-21(23-25(30-28(34)38-23)37-24(22)27(31)33)19-13-16(29)7-12-20(19)36-14-15-5-3-2-4-6-15/h2-13,21-22,24H,14H2,1H3,(H,30,34)/t21-,22-,24+/m0/s1. The third-order valence-electron chi connectivity index (χ3n) is 6.70. The largest absolute Gasteiger partial charge is 0.497 e. The van der Waals surface area contributed by atoms with Gasteiger partial charge in [0, 0.05) is 21.4 Å². The fraction of sp³-hybridized carbons (Fsp3) is 0.179. The van der Waals surface area contributed by atoms with Gasteiger partial charge in [0.15, 0.2) is 0 Å². The Labute approximate surface area is 231 Å². The summed E-state index contributed by atoms with van der Waals surface area (Å²) in [6, 6.07) is 21.8. The zero-order valence-corrected chi connectivity index (χ0v) is 22.4. The van der Waals surface area contributed by atoms with Crippen LogP contribution in [0.15, 0.2) is 82.6 Å². The summed E-state index contributed by atoms with van der Waals surface area (Å²) >= 11 is 8.72. The number of hydrogen-bond donors (Lipinski definition) is 1. The number of halogens is 1. The topological polar surface area (TPSA) is 88.7 Å². The molecule has 10 heteroatoms. The molecule has 0 bridgehead atoms. The number of rotatable bonds is 6. The molecule has 3 atom stereocenters. The summed E-state index contributed by atoms with van der Waals surface area (Å²) in [5.74, 6) is -0.828. The zero-order valence-electron chi connectivity index (χ0n) is 20.1. The van der Waals surface area contributed by atoms with Gasteiger partial charge in [-0.3, -0.25) is 14.4 Å². The van der Waals surface area contributed by atoms with Crippen molar-refractivity contribution in [2.75, 3.05) is 12.0 Å². The molecule has 0 radical (unpaired) electrons. The maximum Gasteiger partial charge on any atom is 0.305 e. The quantitative estimate of drug-likeness (QED) is 0.312. The van der Waals surface area contributed by atoms with Gasteiger partial charge in [0.2, 0.25) is 11.8 Å². The van der Waals surface area contributed by atoms with Gasteiger partial charge in [0.25, 0.3) is 0 Å². The number of hydrogen-bond acceptors (Lipinski definition) is 7. The van der Waals surface area contributed by atoms with Crippen LogP contribution in [0.2, 0.25) is 5.02 Å². The van der Waals surface area contributed by atoms with Gasteiger partial charge in [-0.2, -0.15) is 0 Å². The van der Waals surface area contributed by atoms with Gasteiger partial charge in [-0.1, -0.05) is 65.0 Å². The SMILES string of the molecule is COc1ccc(N2C(=O)[C@H]3[C@H](c4cc(Cl)ccc4OCc4ccccc4)c4sc(=O)[nH]c4S[C@H]3C2=O)cc1. The second-order valence-electron chi connectivity index (χ2n) is 8.92. The van der Waals surface area contributed by atoms with E-state index in [1.165, 1.54) is 16.7 Å². The van der Waals surface area contributed by atoms with Crippen LogP contribution >= 0.6 is 34.7 Å². The van der Waals surface area contributed by atoms with E-state index in [1.54, 1.807) is 49.6 Å². The molecule has 6 rings (SSSR count). The Morgan fingerprint density at radius 2 is 1.74 bits per heavy atom. The second kappa shape index (κ2) is 9.98. The van der Waals surface area contributed by atoms with Crippen LogP contribution in [0.1, 0.15) is 21.9 Å². The Morgan fingerprint density at radius 1 is 0.974 bits per heavy atom. The maximum atomic E-state index is 14.0. The van der Waals surface area contributed by atoms with Crippen molar-refractivity contribution in [3.8, 4) is 11.5 Å². The summed E-state index contributed by atoms with van der Waals surface area (Å²) in [6.07, 6.45) is 0. The molecule has 3 heterocycles. The van der Waals surface area contributed by atoms with Crippen molar-refractivity contribution in [3.05, 3.63) is 103 Å². The fourth-order valence-corrected chi connectivity index (χ4v) is 7.65. The van der Waals surface area contributed by atoms with Gasteiger partial charge in [-0.15, -0.1) is 0 Å². The second-order valence-corrected chi connectivity index (χ2v) is 11.5. The summed E-state index contributed by atoms with van der Waals surface area (Å²) in [7, 11) is 1.55. The number of aromatic nitrogens is 1. The number of ether oxygens (including phenoxy) is 2. The van der Waals surface area contributed by atoms with Gasteiger partial charge in [0.1, 0.15) is 23.4 Å². The number of fused-ring (bicyclic) bond motifs is 2. The van der Waals surface area contributed by atoms with E-state index in [9.17, 15) is 14.4 Å². The first kappa shape index (κ1) is 24.8. The van der Waals surface area contributed by atoms with Crippen LogP contribution < -0.4 is 19.2 Å². The number of carbonyl (C=O) groups is 2. The van der Waals surface area contributed by atoms with E-state index in [-0.39, 0.29) is 16.7 Å². The molecule has 0 saturated carbocycles. The molecule has 1 N–H and O–H groups in total. The highest BCUT2D eigenvalue weighted by atomic mass is 35.5. The highest BCUT2D eigenvalue weighted by Crippen LogP contribution is 2.54. The molecule has 1 saturated heterocycles. The molecule has 0 aliphatic carbocycles. The maximum absolute atomic E-state index is 14.0. The molecule has 0 unspecified atom stereocenters. The van der Waals surface area contributed by atoms with Gasteiger partial charge < -0.3 is 14.5 Å². The number of nitrogens with one attached hydrogen (secondary N) is 1. The van der Waals surface area contributed by atoms with Gasteiger partial charge >= 0.3 is 4.87 Å². The molecule has 3 aromatic carbocycles. The van der Waals surface area contributed by atoms with Crippen molar-refractivity contribution in [1.29, 1.82) is 0 Å². The Hall–Kier alpha value is -3.53. The number of thiazole rings is 1. The van der Waals surface area contributed by atoms with Crippen molar-refractivity contribution in [1.82, 2.24) is 4.98 Å². The lowest BCUT2D eigenvalue weighted by Gasteiger charge is -2.31. The molecular formula is C28H21ClN2O5S2. The van der Waals surface area contributed by atoms with Crippen molar-refractivity contribution in [2.45, 2.75) is 22.8 Å². The molecule has 2 amide bonds. The Morgan fingerprint density at radius 3 is 2.47 bits per heavy atom. The number of thioether (sulfide) groups is 1. The van der Waals surface area contributed by atoms with E-state index in [4.69, 9.17) is 21.1 Å². The van der Waals surface area contributed by atoms with E-state index < -0.39 is 17.1 Å². The number of anilines is 1. The molecule has 0 spiro atoms. The van der Waals surface area contributed by atoms with E-state index in [2.05, 4.69) is 4.98 Å². The number of imide groups is 1. The number of carbonyl (C=O) groups excluding carboxylic acids is 2. The van der Waals surface area contributed by atoms with Crippen LogP contribution in [-0.4, -0.2) is 29.2 Å². The van der Waals surface area contributed by atoms with E-state index >= 15 is 0 Å². The molecule has 1 fully saturated rings. The molecule has 1 aromatic heterocycles. The van der Waals surface area contributed by atoms with E-state index in [0.29, 0.717) is 44.3 Å². The lowest BCUT2D eigenvalue weighted by Crippen LogP contribution is -2.32. The summed E-state index contributed by atoms with van der Waals surface area (Å²) in [4.78, 5) is 44.6. The predicted octanol–water partition coefficient (Wildman–Crippen LogP) is 5.47. The molecule has 4 aromatic rings. The molecular weight excluding hydrogens is 544 g/mol. The lowest BCUT2D eigenvalue weighted by atomic mass is 9.82. The Kier molecular flexibility index (Phi) is 6.51. The van der Waals surface area contributed by atoms with Crippen LogP contribution in [0.3, 0.4) is 0 Å². The van der Waals surface area contributed by atoms with Crippen LogP contribution in [-0.2, 0) is 16.2 Å². The minimum atomic E-state index is -0.744. The highest BCUT2D eigenvalue weighted by molar-refractivity contribution is 8.00.